The van der Waals surface area contributed by atoms with E-state index in [0.29, 0.717) is 6.54 Å². The van der Waals surface area contributed by atoms with Gasteiger partial charge in [0, 0.05) is 6.54 Å². The van der Waals surface area contributed by atoms with Crippen molar-refractivity contribution < 1.29 is 14.6 Å². The van der Waals surface area contributed by atoms with Crippen molar-refractivity contribution in [3.8, 4) is 5.75 Å². The predicted octanol–water partition coefficient (Wildman–Crippen LogP) is 1.29. The summed E-state index contributed by atoms with van der Waals surface area (Å²) in [6.45, 7) is 0.858. The Bertz CT molecular complexity index is 398. The molecule has 0 aliphatic heterocycles. The first-order valence-corrected chi connectivity index (χ1v) is 6.26. The van der Waals surface area contributed by atoms with E-state index in [2.05, 4.69) is 0 Å². The molecule has 1 aromatic rings. The Morgan fingerprint density at radius 3 is 2.58 bits per heavy atom. The Balaban J connectivity index is 2.39. The number of hydrogen-bond acceptors (Lipinski definition) is 4. The quantitative estimate of drug-likeness (QED) is 0.567. The minimum Gasteiger partial charge on any atom is -0.491 e. The molecule has 4 nitrogen and oxygen atoms in total. The maximum Gasteiger partial charge on any atom is 0.142 e. The van der Waals surface area contributed by atoms with E-state index in [0.717, 1.165) is 24.0 Å². The summed E-state index contributed by atoms with van der Waals surface area (Å²) >= 11 is 0. The zero-order valence-electron chi connectivity index (χ0n) is 11.5. The van der Waals surface area contributed by atoms with E-state index >= 15 is 0 Å². The van der Waals surface area contributed by atoms with Gasteiger partial charge >= 0.3 is 0 Å². The molecule has 104 valence electrons. The summed E-state index contributed by atoms with van der Waals surface area (Å²) in [5.74, 6) is 0.737. The number of likely N-dealkylation sites (N-methyl/N-ethyl adjacent to an activating group) is 1. The SMILES string of the molecule is CN(C)CC(O)COc1ccc(CC=CC=O)cc1. The molecule has 0 saturated heterocycles. The number of ether oxygens (including phenoxy) is 1. The van der Waals surface area contributed by atoms with E-state index in [1.807, 2.05) is 49.3 Å². The lowest BCUT2D eigenvalue weighted by Crippen LogP contribution is -2.30. The zero-order valence-corrected chi connectivity index (χ0v) is 11.5. The van der Waals surface area contributed by atoms with Crippen molar-refractivity contribution >= 4 is 6.29 Å². The number of nitrogens with zero attached hydrogens (tertiary/aromatic N) is 1. The highest BCUT2D eigenvalue weighted by molar-refractivity contribution is 5.64. The summed E-state index contributed by atoms with van der Waals surface area (Å²) in [5.41, 5.74) is 1.11. The molecule has 0 bridgehead atoms. The molecule has 0 aromatic heterocycles. The Morgan fingerprint density at radius 1 is 1.32 bits per heavy atom. The van der Waals surface area contributed by atoms with Gasteiger partial charge in [0.15, 0.2) is 0 Å². The maximum atomic E-state index is 10.1. The van der Waals surface area contributed by atoms with Crippen molar-refractivity contribution in [1.29, 1.82) is 0 Å². The van der Waals surface area contributed by atoms with E-state index in [1.165, 1.54) is 6.08 Å². The van der Waals surface area contributed by atoms with Gasteiger partial charge in [-0.1, -0.05) is 18.2 Å². The summed E-state index contributed by atoms with van der Waals surface area (Å²) in [6, 6.07) is 7.63. The molecule has 0 aliphatic carbocycles. The molecule has 0 radical (unpaired) electrons. The van der Waals surface area contributed by atoms with Crippen LogP contribution in [0.5, 0.6) is 5.75 Å². The smallest absolute Gasteiger partial charge is 0.142 e. The maximum absolute atomic E-state index is 10.1. The average Bonchev–Trinajstić information content (AvgIpc) is 2.37. The van der Waals surface area contributed by atoms with Crippen molar-refractivity contribution in [2.45, 2.75) is 12.5 Å². The van der Waals surface area contributed by atoms with Crippen LogP contribution in [-0.4, -0.2) is 49.6 Å². The molecule has 1 unspecified atom stereocenters. The van der Waals surface area contributed by atoms with Gasteiger partial charge in [0.25, 0.3) is 0 Å². The summed E-state index contributed by atoms with van der Waals surface area (Å²) < 4.78 is 5.50. The van der Waals surface area contributed by atoms with Gasteiger partial charge in [0.05, 0.1) is 0 Å². The van der Waals surface area contributed by atoms with Crippen molar-refractivity contribution in [2.24, 2.45) is 0 Å². The summed E-state index contributed by atoms with van der Waals surface area (Å²) in [5, 5.41) is 9.67. The fraction of sp³-hybridized carbons (Fsp3) is 0.400. The third-order valence-electron chi connectivity index (χ3n) is 2.51. The summed E-state index contributed by atoms with van der Waals surface area (Å²) in [4.78, 5) is 12.1. The van der Waals surface area contributed by atoms with E-state index in [1.54, 1.807) is 0 Å². The lowest BCUT2D eigenvalue weighted by Gasteiger charge is -2.16. The van der Waals surface area contributed by atoms with Gasteiger partial charge in [0.1, 0.15) is 24.7 Å². The largest absolute Gasteiger partial charge is 0.491 e. The van der Waals surface area contributed by atoms with Gasteiger partial charge in [-0.05, 0) is 44.3 Å². The molecule has 4 heteroatoms. The van der Waals surface area contributed by atoms with Crippen LogP contribution in [0.3, 0.4) is 0 Å². The van der Waals surface area contributed by atoms with Gasteiger partial charge < -0.3 is 14.7 Å². The van der Waals surface area contributed by atoms with Crippen LogP contribution in [0.2, 0.25) is 0 Å². The number of hydrogen-bond donors (Lipinski definition) is 1. The molecule has 1 rings (SSSR count). The van der Waals surface area contributed by atoms with Gasteiger partial charge in [-0.2, -0.15) is 0 Å². The predicted molar refractivity (Wildman–Crippen MR) is 75.4 cm³/mol. The summed E-state index contributed by atoms with van der Waals surface area (Å²) in [7, 11) is 3.82. The number of aldehydes is 1. The average molecular weight is 263 g/mol. The van der Waals surface area contributed by atoms with E-state index < -0.39 is 6.10 Å². The second kappa shape index (κ2) is 8.45. The molecule has 1 N–H and O–H groups in total. The van der Waals surface area contributed by atoms with Crippen LogP contribution in [0, 0.1) is 0 Å². The molecular formula is C15H21NO3. The van der Waals surface area contributed by atoms with Crippen molar-refractivity contribution in [3.63, 3.8) is 0 Å². The van der Waals surface area contributed by atoms with Crippen molar-refractivity contribution in [3.05, 3.63) is 42.0 Å². The van der Waals surface area contributed by atoms with Gasteiger partial charge in [0.2, 0.25) is 0 Å². The van der Waals surface area contributed by atoms with Crippen LogP contribution in [-0.2, 0) is 11.2 Å². The highest BCUT2D eigenvalue weighted by Crippen LogP contribution is 2.13. The number of aliphatic hydroxyl groups excluding tert-OH is 1. The van der Waals surface area contributed by atoms with Gasteiger partial charge in [-0.15, -0.1) is 0 Å². The Hall–Kier alpha value is -1.65. The number of allylic oxidation sites excluding steroid dienone is 2. The monoisotopic (exact) mass is 263 g/mol. The number of aliphatic hydroxyl groups is 1. The Kier molecular flexibility index (Phi) is 6.85. The minimum absolute atomic E-state index is 0.280. The highest BCUT2D eigenvalue weighted by atomic mass is 16.5. The third-order valence-corrected chi connectivity index (χ3v) is 2.51. The zero-order chi connectivity index (χ0) is 14.1. The lowest BCUT2D eigenvalue weighted by atomic mass is 10.1. The standard InChI is InChI=1S/C15H21NO3/c1-16(2)11-14(18)12-19-15-8-6-13(7-9-15)5-3-4-10-17/h3-4,6-10,14,18H,5,11-12H2,1-2H3. The fourth-order valence-electron chi connectivity index (χ4n) is 1.65. The van der Waals surface area contributed by atoms with E-state index in [9.17, 15) is 9.90 Å². The third kappa shape index (κ3) is 6.74. The molecular weight excluding hydrogens is 242 g/mol. The van der Waals surface area contributed by atoms with E-state index in [-0.39, 0.29) is 6.61 Å². The van der Waals surface area contributed by atoms with Crippen LogP contribution in [0.15, 0.2) is 36.4 Å². The number of carbonyl (C=O) groups is 1. The highest BCUT2D eigenvalue weighted by Gasteiger charge is 2.06. The second-order valence-electron chi connectivity index (χ2n) is 4.64. The molecule has 19 heavy (non-hydrogen) atoms. The van der Waals surface area contributed by atoms with E-state index in [4.69, 9.17) is 4.74 Å². The van der Waals surface area contributed by atoms with Crippen molar-refractivity contribution in [1.82, 2.24) is 4.90 Å². The van der Waals surface area contributed by atoms with Gasteiger partial charge in [-0.25, -0.2) is 0 Å². The van der Waals surface area contributed by atoms with Crippen LogP contribution in [0.4, 0.5) is 0 Å². The second-order valence-corrected chi connectivity index (χ2v) is 4.64. The molecule has 0 amide bonds. The first-order chi connectivity index (χ1) is 9.11. The Morgan fingerprint density at radius 2 is 2.00 bits per heavy atom. The summed E-state index contributed by atoms with van der Waals surface area (Å²) in [6.07, 6.45) is 4.29. The first-order valence-electron chi connectivity index (χ1n) is 6.26. The topological polar surface area (TPSA) is 49.8 Å². The first kappa shape index (κ1) is 15.4. The van der Waals surface area contributed by atoms with Crippen LogP contribution < -0.4 is 4.74 Å². The molecule has 0 saturated carbocycles. The molecule has 0 spiro atoms. The van der Waals surface area contributed by atoms with Crippen LogP contribution >= 0.6 is 0 Å². The van der Waals surface area contributed by atoms with Crippen LogP contribution in [0.1, 0.15) is 5.56 Å². The minimum atomic E-state index is -0.495. The molecule has 0 fully saturated rings. The Labute approximate surface area is 114 Å². The molecule has 0 heterocycles. The van der Waals surface area contributed by atoms with Gasteiger partial charge in [-0.3, -0.25) is 4.79 Å². The lowest BCUT2D eigenvalue weighted by molar-refractivity contribution is -0.104. The number of rotatable bonds is 8. The van der Waals surface area contributed by atoms with Crippen molar-refractivity contribution in [2.75, 3.05) is 27.2 Å². The molecule has 0 aliphatic rings. The van der Waals surface area contributed by atoms with Crippen LogP contribution in [0.25, 0.3) is 0 Å². The molecule has 1 atom stereocenters. The molecule has 1 aromatic carbocycles. The number of benzene rings is 1. The normalized spacial score (nSPS) is 12.8. The number of carbonyl (C=O) groups excluding carboxylic acids is 1. The fourth-order valence-corrected chi connectivity index (χ4v) is 1.65.